The number of hydrogen-bond donors (Lipinski definition) is 1. The lowest BCUT2D eigenvalue weighted by atomic mass is 10.0. The fourth-order valence-electron chi connectivity index (χ4n) is 1.10. The molecule has 1 atom stereocenters. The Labute approximate surface area is 102 Å². The quantitative estimate of drug-likeness (QED) is 0.810. The van der Waals surface area contributed by atoms with Gasteiger partial charge in [-0.25, -0.2) is 0 Å². The topological polar surface area (TPSA) is 26.0 Å². The lowest BCUT2D eigenvalue weighted by molar-refractivity contribution is -0.137. The third kappa shape index (κ3) is 3.40. The summed E-state index contributed by atoms with van der Waals surface area (Å²) >= 11 is 5.72. The maximum atomic E-state index is 12.4. The molecule has 0 saturated heterocycles. The minimum Gasteiger partial charge on any atom is -0.321 e. The van der Waals surface area contributed by atoms with Gasteiger partial charge < -0.3 is 5.73 Å². The van der Waals surface area contributed by atoms with Gasteiger partial charge in [0.2, 0.25) is 0 Å². The second-order valence-electron chi connectivity index (χ2n) is 3.00. The van der Waals surface area contributed by atoms with Crippen LogP contribution >= 0.6 is 24.0 Å². The van der Waals surface area contributed by atoms with Gasteiger partial charge in [-0.3, -0.25) is 0 Å². The first kappa shape index (κ1) is 15.3. The first-order valence-electron chi connectivity index (χ1n) is 4.11. The van der Waals surface area contributed by atoms with E-state index in [1.54, 1.807) is 0 Å². The summed E-state index contributed by atoms with van der Waals surface area (Å²) in [6.45, 7) is 3.41. The van der Waals surface area contributed by atoms with Crippen molar-refractivity contribution in [2.45, 2.75) is 12.2 Å². The average Bonchev–Trinajstić information content (AvgIpc) is 2.15. The Morgan fingerprint density at radius 1 is 1.38 bits per heavy atom. The Morgan fingerprint density at radius 3 is 2.38 bits per heavy atom. The van der Waals surface area contributed by atoms with Crippen LogP contribution in [0.2, 0.25) is 5.02 Å². The highest BCUT2D eigenvalue weighted by molar-refractivity contribution is 6.31. The van der Waals surface area contributed by atoms with Crippen molar-refractivity contribution in [3.8, 4) is 0 Å². The molecule has 0 aliphatic carbocycles. The van der Waals surface area contributed by atoms with E-state index in [2.05, 4.69) is 6.58 Å². The van der Waals surface area contributed by atoms with Crippen molar-refractivity contribution in [3.05, 3.63) is 47.0 Å². The van der Waals surface area contributed by atoms with Gasteiger partial charge in [-0.05, 0) is 23.8 Å². The zero-order valence-electron chi connectivity index (χ0n) is 8.09. The standard InChI is InChI=1S/C10H9ClF3N.ClH/c1-2-9(15)7-5-6(10(12,13)14)3-4-8(7)11;/h2-5,9H,1,15H2;1H/t9-;/m0./s1. The van der Waals surface area contributed by atoms with Crippen LogP contribution in [-0.4, -0.2) is 0 Å². The lowest BCUT2D eigenvalue weighted by Gasteiger charge is -2.13. The predicted molar refractivity (Wildman–Crippen MR) is 60.8 cm³/mol. The predicted octanol–water partition coefficient (Wildman–Crippen LogP) is 3.97. The first-order valence-corrected chi connectivity index (χ1v) is 4.49. The van der Waals surface area contributed by atoms with Gasteiger partial charge >= 0.3 is 6.18 Å². The van der Waals surface area contributed by atoms with Crippen LogP contribution in [-0.2, 0) is 6.18 Å². The highest BCUT2D eigenvalue weighted by Crippen LogP contribution is 2.33. The summed E-state index contributed by atoms with van der Waals surface area (Å²) in [5, 5.41) is 0.204. The first-order chi connectivity index (χ1) is 6.86. The van der Waals surface area contributed by atoms with E-state index in [4.69, 9.17) is 17.3 Å². The molecule has 0 bridgehead atoms. The van der Waals surface area contributed by atoms with Crippen molar-refractivity contribution < 1.29 is 13.2 Å². The minimum atomic E-state index is -4.39. The van der Waals surface area contributed by atoms with Crippen molar-refractivity contribution in [2.24, 2.45) is 5.73 Å². The molecule has 0 heterocycles. The molecule has 1 nitrogen and oxygen atoms in total. The molecule has 0 aliphatic rings. The fourth-order valence-corrected chi connectivity index (χ4v) is 1.35. The van der Waals surface area contributed by atoms with Crippen molar-refractivity contribution in [1.29, 1.82) is 0 Å². The fraction of sp³-hybridized carbons (Fsp3) is 0.200. The molecular weight excluding hydrogens is 262 g/mol. The third-order valence-corrected chi connectivity index (χ3v) is 2.28. The van der Waals surface area contributed by atoms with E-state index < -0.39 is 17.8 Å². The van der Waals surface area contributed by atoms with E-state index in [1.807, 2.05) is 0 Å². The van der Waals surface area contributed by atoms with Gasteiger partial charge in [-0.1, -0.05) is 17.7 Å². The molecule has 0 unspecified atom stereocenters. The van der Waals surface area contributed by atoms with Gasteiger partial charge in [0.25, 0.3) is 0 Å². The molecule has 2 N–H and O–H groups in total. The summed E-state index contributed by atoms with van der Waals surface area (Å²) in [6, 6.07) is 2.35. The van der Waals surface area contributed by atoms with E-state index >= 15 is 0 Å². The molecule has 0 radical (unpaired) electrons. The summed E-state index contributed by atoms with van der Waals surface area (Å²) in [5.74, 6) is 0. The van der Waals surface area contributed by atoms with Crippen LogP contribution in [0.1, 0.15) is 17.2 Å². The number of nitrogens with two attached hydrogens (primary N) is 1. The molecule has 1 aromatic carbocycles. The Hall–Kier alpha value is -0.710. The molecule has 16 heavy (non-hydrogen) atoms. The molecule has 1 rings (SSSR count). The SMILES string of the molecule is C=C[C@H](N)c1cc(C(F)(F)F)ccc1Cl.Cl. The van der Waals surface area contributed by atoms with E-state index in [1.165, 1.54) is 12.1 Å². The van der Waals surface area contributed by atoms with Crippen LogP contribution in [0.4, 0.5) is 13.2 Å². The Morgan fingerprint density at radius 2 is 1.94 bits per heavy atom. The normalized spacial score (nSPS) is 12.8. The van der Waals surface area contributed by atoms with Crippen LogP contribution in [0.5, 0.6) is 0 Å². The van der Waals surface area contributed by atoms with Gasteiger partial charge in [-0.2, -0.15) is 13.2 Å². The molecule has 0 saturated carbocycles. The summed E-state index contributed by atoms with van der Waals surface area (Å²) in [5.41, 5.74) is 5.00. The summed E-state index contributed by atoms with van der Waals surface area (Å²) < 4.78 is 37.1. The van der Waals surface area contributed by atoms with Crippen molar-refractivity contribution >= 4 is 24.0 Å². The summed E-state index contributed by atoms with van der Waals surface area (Å²) in [6.07, 6.45) is -3.05. The average molecular weight is 272 g/mol. The van der Waals surface area contributed by atoms with Crippen LogP contribution in [0.3, 0.4) is 0 Å². The van der Waals surface area contributed by atoms with Gasteiger partial charge in [-0.15, -0.1) is 19.0 Å². The molecule has 0 fully saturated rings. The second-order valence-corrected chi connectivity index (χ2v) is 3.40. The van der Waals surface area contributed by atoms with E-state index in [-0.39, 0.29) is 23.0 Å². The minimum absolute atomic E-state index is 0. The van der Waals surface area contributed by atoms with Crippen LogP contribution in [0.25, 0.3) is 0 Å². The zero-order chi connectivity index (χ0) is 11.6. The number of halogens is 5. The molecule has 90 valence electrons. The highest BCUT2D eigenvalue weighted by Gasteiger charge is 2.31. The van der Waals surface area contributed by atoms with Crippen molar-refractivity contribution in [3.63, 3.8) is 0 Å². The van der Waals surface area contributed by atoms with Gasteiger partial charge in [0.1, 0.15) is 0 Å². The molecule has 6 heteroatoms. The van der Waals surface area contributed by atoms with Crippen LogP contribution < -0.4 is 5.73 Å². The van der Waals surface area contributed by atoms with Gasteiger partial charge in [0.05, 0.1) is 5.56 Å². The Balaban J connectivity index is 0.00000225. The Kier molecular flexibility index (Phi) is 5.32. The number of alkyl halides is 3. The summed E-state index contributed by atoms with van der Waals surface area (Å²) in [7, 11) is 0. The number of benzene rings is 1. The third-order valence-electron chi connectivity index (χ3n) is 1.94. The monoisotopic (exact) mass is 271 g/mol. The highest BCUT2D eigenvalue weighted by atomic mass is 35.5. The molecule has 0 amide bonds. The molecular formula is C10H10Cl2F3N. The van der Waals surface area contributed by atoms with Crippen LogP contribution in [0.15, 0.2) is 30.9 Å². The zero-order valence-corrected chi connectivity index (χ0v) is 9.66. The van der Waals surface area contributed by atoms with E-state index in [0.717, 1.165) is 12.1 Å². The largest absolute Gasteiger partial charge is 0.416 e. The van der Waals surface area contributed by atoms with E-state index in [9.17, 15) is 13.2 Å². The molecule has 0 spiro atoms. The van der Waals surface area contributed by atoms with E-state index in [0.29, 0.717) is 0 Å². The Bertz CT molecular complexity index is 377. The maximum absolute atomic E-state index is 12.4. The smallest absolute Gasteiger partial charge is 0.321 e. The summed E-state index contributed by atoms with van der Waals surface area (Å²) in [4.78, 5) is 0. The number of hydrogen-bond acceptors (Lipinski definition) is 1. The molecule has 0 aromatic heterocycles. The maximum Gasteiger partial charge on any atom is 0.416 e. The van der Waals surface area contributed by atoms with Crippen LogP contribution in [0, 0.1) is 0 Å². The molecule has 1 aromatic rings. The second kappa shape index (κ2) is 5.57. The molecule has 0 aliphatic heterocycles. The lowest BCUT2D eigenvalue weighted by Crippen LogP contribution is -2.11. The van der Waals surface area contributed by atoms with Gasteiger partial charge in [0, 0.05) is 11.1 Å². The van der Waals surface area contributed by atoms with Crippen molar-refractivity contribution in [2.75, 3.05) is 0 Å². The van der Waals surface area contributed by atoms with Gasteiger partial charge in [0.15, 0.2) is 0 Å². The van der Waals surface area contributed by atoms with Crippen molar-refractivity contribution in [1.82, 2.24) is 0 Å². The number of rotatable bonds is 2.